The Balaban J connectivity index is 2.31. The summed E-state index contributed by atoms with van der Waals surface area (Å²) >= 11 is 0. The quantitative estimate of drug-likeness (QED) is 0.352. The van der Waals surface area contributed by atoms with Crippen LogP contribution in [0.4, 0.5) is 0 Å². The van der Waals surface area contributed by atoms with Gasteiger partial charge in [0.05, 0.1) is 14.7 Å². The van der Waals surface area contributed by atoms with Crippen molar-refractivity contribution in [2.24, 2.45) is 0 Å². The maximum Gasteiger partial charge on any atom is 0.294 e. The molecular weight excluding hydrogens is 468 g/mol. The van der Waals surface area contributed by atoms with E-state index in [-0.39, 0.29) is 16.7 Å². The lowest BCUT2D eigenvalue weighted by atomic mass is 9.85. The fourth-order valence-corrected chi connectivity index (χ4v) is 4.75. The molecule has 3 aromatic rings. The Labute approximate surface area is 179 Å². The zero-order valence-corrected chi connectivity index (χ0v) is 18.0. The first kappa shape index (κ1) is 23.1. The second-order valence-electron chi connectivity index (χ2n) is 6.58. The highest BCUT2D eigenvalue weighted by Crippen LogP contribution is 2.35. The molecule has 0 saturated carbocycles. The molecule has 0 amide bonds. The highest BCUT2D eigenvalue weighted by Gasteiger charge is 2.23. The summed E-state index contributed by atoms with van der Waals surface area (Å²) in [6.45, 7) is 0. The lowest BCUT2D eigenvalue weighted by molar-refractivity contribution is 0.481. The molecule has 0 radical (unpaired) electrons. The number of hydrogen-bond acceptors (Lipinski definition) is 6. The van der Waals surface area contributed by atoms with Crippen LogP contribution in [0.25, 0.3) is 0 Å². The number of benzene rings is 3. The smallest absolute Gasteiger partial charge is 0.282 e. The molecule has 0 heterocycles. The van der Waals surface area contributed by atoms with Gasteiger partial charge < -0.3 is 0 Å². The van der Waals surface area contributed by atoms with Crippen molar-refractivity contribution in [3.63, 3.8) is 0 Å². The average molecular weight is 485 g/mol. The molecule has 0 fully saturated rings. The molecule has 0 atom stereocenters. The fourth-order valence-electron chi connectivity index (χ4n) is 3.14. The molecule has 0 bridgehead atoms. The molecule has 0 aliphatic heterocycles. The van der Waals surface area contributed by atoms with Gasteiger partial charge in [0.25, 0.3) is 30.4 Å². The summed E-state index contributed by atoms with van der Waals surface area (Å²) in [7, 11) is -13.7. The second kappa shape index (κ2) is 8.15. The van der Waals surface area contributed by atoms with Gasteiger partial charge >= 0.3 is 0 Å². The van der Waals surface area contributed by atoms with Gasteiger partial charge in [0.2, 0.25) is 0 Å². The van der Waals surface area contributed by atoms with Crippen LogP contribution in [-0.2, 0) is 30.4 Å². The molecule has 31 heavy (non-hydrogen) atoms. The average Bonchev–Trinajstić information content (AvgIpc) is 2.67. The minimum Gasteiger partial charge on any atom is -0.282 e. The third-order valence-corrected chi connectivity index (χ3v) is 7.02. The summed E-state index contributed by atoms with van der Waals surface area (Å²) in [4.78, 5) is -1.27. The van der Waals surface area contributed by atoms with Gasteiger partial charge in [-0.15, -0.1) is 0 Å². The van der Waals surface area contributed by atoms with E-state index < -0.39 is 51.0 Å². The monoisotopic (exact) mass is 484 g/mol. The highest BCUT2D eigenvalue weighted by molar-refractivity contribution is 7.86. The van der Waals surface area contributed by atoms with Crippen LogP contribution in [-0.4, -0.2) is 38.9 Å². The van der Waals surface area contributed by atoms with Crippen LogP contribution >= 0.6 is 0 Å². The van der Waals surface area contributed by atoms with Crippen LogP contribution in [0.3, 0.4) is 0 Å². The van der Waals surface area contributed by atoms with Crippen LogP contribution in [0, 0.1) is 0 Å². The third-order valence-electron chi connectivity index (χ3n) is 4.47. The number of hydrogen-bond donors (Lipinski definition) is 3. The lowest BCUT2D eigenvalue weighted by Crippen LogP contribution is -2.08. The Morgan fingerprint density at radius 2 is 0.742 bits per heavy atom. The molecule has 3 aromatic carbocycles. The van der Waals surface area contributed by atoms with Gasteiger partial charge in [0.15, 0.2) is 0 Å². The maximum atomic E-state index is 11.6. The van der Waals surface area contributed by atoms with E-state index in [9.17, 15) is 38.9 Å². The topological polar surface area (TPSA) is 163 Å². The van der Waals surface area contributed by atoms with E-state index in [1.165, 1.54) is 36.4 Å². The molecule has 9 nitrogen and oxygen atoms in total. The Hall–Kier alpha value is -2.61. The van der Waals surface area contributed by atoms with E-state index in [0.717, 1.165) is 36.4 Å². The van der Waals surface area contributed by atoms with E-state index in [2.05, 4.69) is 0 Å². The summed E-state index contributed by atoms with van der Waals surface area (Å²) in [5.74, 6) is -0.912. The predicted octanol–water partition coefficient (Wildman–Crippen LogP) is 2.61. The maximum absolute atomic E-state index is 11.6. The van der Waals surface area contributed by atoms with Gasteiger partial charge in [-0.25, -0.2) is 0 Å². The van der Waals surface area contributed by atoms with Gasteiger partial charge in [0.1, 0.15) is 0 Å². The normalized spacial score (nSPS) is 12.8. The molecule has 3 N–H and O–H groups in total. The van der Waals surface area contributed by atoms with Crippen molar-refractivity contribution in [3.05, 3.63) is 89.5 Å². The first-order valence-electron chi connectivity index (χ1n) is 8.49. The first-order chi connectivity index (χ1) is 14.3. The van der Waals surface area contributed by atoms with Gasteiger partial charge in [-0.3, -0.25) is 13.7 Å². The lowest BCUT2D eigenvalue weighted by Gasteiger charge is -2.20. The molecule has 12 heteroatoms. The molecule has 0 unspecified atom stereocenters. The van der Waals surface area contributed by atoms with Crippen molar-refractivity contribution in [2.75, 3.05) is 0 Å². The second-order valence-corrected chi connectivity index (χ2v) is 10.8. The summed E-state index contributed by atoms with van der Waals surface area (Å²) in [5.41, 5.74) is 0.820. The van der Waals surface area contributed by atoms with E-state index >= 15 is 0 Å². The summed E-state index contributed by atoms with van der Waals surface area (Å²) in [5, 5.41) is 0. The molecule has 0 aromatic heterocycles. The summed E-state index contributed by atoms with van der Waals surface area (Å²) in [6.07, 6.45) is 0. The molecule has 3 rings (SSSR count). The van der Waals surface area contributed by atoms with Crippen molar-refractivity contribution in [1.82, 2.24) is 0 Å². The molecule has 0 spiro atoms. The van der Waals surface area contributed by atoms with Gasteiger partial charge in [0, 0.05) is 5.92 Å². The minimum atomic E-state index is -4.56. The summed E-state index contributed by atoms with van der Waals surface area (Å²) < 4.78 is 97.7. The highest BCUT2D eigenvalue weighted by atomic mass is 32.2. The Morgan fingerprint density at radius 1 is 0.484 bits per heavy atom. The molecule has 0 aliphatic rings. The molecule has 0 aliphatic carbocycles. The first-order valence-corrected chi connectivity index (χ1v) is 12.8. The van der Waals surface area contributed by atoms with Gasteiger partial charge in [-0.2, -0.15) is 25.3 Å². The van der Waals surface area contributed by atoms with E-state index in [0.29, 0.717) is 0 Å². The van der Waals surface area contributed by atoms with Crippen molar-refractivity contribution in [3.8, 4) is 0 Å². The van der Waals surface area contributed by atoms with Crippen LogP contribution in [0.2, 0.25) is 0 Å². The predicted molar refractivity (Wildman–Crippen MR) is 110 cm³/mol. The zero-order chi connectivity index (χ0) is 23.0. The zero-order valence-electron chi connectivity index (χ0n) is 15.5. The third kappa shape index (κ3) is 5.36. The van der Waals surface area contributed by atoms with Crippen LogP contribution in [0.5, 0.6) is 0 Å². The van der Waals surface area contributed by atoms with Crippen LogP contribution in [0.15, 0.2) is 87.5 Å². The Bertz CT molecular complexity index is 1280. The van der Waals surface area contributed by atoms with Gasteiger partial charge in [-0.1, -0.05) is 36.4 Å². The van der Waals surface area contributed by atoms with E-state index in [1.54, 1.807) is 0 Å². The van der Waals surface area contributed by atoms with Gasteiger partial charge in [-0.05, 0) is 53.1 Å². The van der Waals surface area contributed by atoms with Crippen molar-refractivity contribution in [2.45, 2.75) is 20.6 Å². The van der Waals surface area contributed by atoms with Crippen molar-refractivity contribution in [1.29, 1.82) is 0 Å². The molecular formula is C19H16O9S3. The van der Waals surface area contributed by atoms with Crippen molar-refractivity contribution >= 4 is 30.4 Å². The standard InChI is InChI=1S/C19H16O9S3/c20-29(21,22)16-7-1-4-13(10-16)19(14-5-2-8-17(11-14)30(23,24)25)15-6-3-9-18(12-15)31(26,27)28/h1-12,19H,(H,20,21,22)(H,23,24,25)(H,26,27,28). The fraction of sp³-hybridized carbons (Fsp3) is 0.0526. The Kier molecular flexibility index (Phi) is 6.06. The molecule has 0 saturated heterocycles. The van der Waals surface area contributed by atoms with E-state index in [4.69, 9.17) is 0 Å². The minimum absolute atomic E-state index is 0.273. The van der Waals surface area contributed by atoms with Crippen molar-refractivity contribution < 1.29 is 38.9 Å². The number of rotatable bonds is 6. The Morgan fingerprint density at radius 3 is 0.968 bits per heavy atom. The molecule has 164 valence electrons. The SMILES string of the molecule is O=S(=O)(O)c1cccc(C(c2cccc(S(=O)(=O)O)c2)c2cccc(S(=O)(=O)O)c2)c1. The van der Waals surface area contributed by atoms with Crippen LogP contribution in [0.1, 0.15) is 22.6 Å². The van der Waals surface area contributed by atoms with Crippen LogP contribution < -0.4 is 0 Å². The largest absolute Gasteiger partial charge is 0.294 e. The van der Waals surface area contributed by atoms with E-state index in [1.807, 2.05) is 0 Å². The summed E-state index contributed by atoms with van der Waals surface area (Å²) in [6, 6.07) is 15.5.